The molecule has 0 unspecified atom stereocenters. The molecule has 0 aliphatic heterocycles. The summed E-state index contributed by atoms with van der Waals surface area (Å²) >= 11 is 0. The summed E-state index contributed by atoms with van der Waals surface area (Å²) in [6, 6.07) is 18.9. The van der Waals surface area contributed by atoms with Crippen molar-refractivity contribution in [3.63, 3.8) is 0 Å². The predicted molar refractivity (Wildman–Crippen MR) is 114 cm³/mol. The largest absolute Gasteiger partial charge is 0.497 e. The van der Waals surface area contributed by atoms with Crippen LogP contribution in [0.2, 0.25) is 0 Å². The van der Waals surface area contributed by atoms with E-state index in [1.54, 1.807) is 55.6 Å². The first-order valence-corrected chi connectivity index (χ1v) is 9.94. The Hall–Kier alpha value is -4.61. The molecule has 0 atom stereocenters. The number of methoxy groups -OCH3 is 1. The number of aromatic nitrogens is 8. The Kier molecular flexibility index (Phi) is 5.24. The number of alkyl halides is 3. The van der Waals surface area contributed by atoms with Crippen molar-refractivity contribution in [1.82, 2.24) is 40.4 Å². The number of ether oxygens (including phenoxy) is 1. The molecule has 9 nitrogen and oxygen atoms in total. The molecule has 5 rings (SSSR count). The van der Waals surface area contributed by atoms with Crippen molar-refractivity contribution in [3.8, 4) is 39.9 Å². The van der Waals surface area contributed by atoms with Crippen LogP contribution >= 0.6 is 0 Å². The smallest absolute Gasteiger partial charge is 0.416 e. The van der Waals surface area contributed by atoms with Crippen LogP contribution in [0.15, 0.2) is 72.8 Å². The zero-order valence-corrected chi connectivity index (χ0v) is 17.5. The second-order valence-corrected chi connectivity index (χ2v) is 7.10. The van der Waals surface area contributed by atoms with Crippen LogP contribution in [0.1, 0.15) is 5.56 Å². The van der Waals surface area contributed by atoms with Gasteiger partial charge in [0, 0.05) is 5.56 Å². The fraction of sp³-hybridized carbons (Fsp3) is 0.0909. The van der Waals surface area contributed by atoms with Crippen LogP contribution in [0.3, 0.4) is 0 Å². The first-order chi connectivity index (χ1) is 16.4. The molecule has 12 heteroatoms. The zero-order valence-electron chi connectivity index (χ0n) is 17.5. The third-order valence-corrected chi connectivity index (χ3v) is 4.96. The van der Waals surface area contributed by atoms with Gasteiger partial charge in [-0.3, -0.25) is 0 Å². The van der Waals surface area contributed by atoms with Gasteiger partial charge in [0.25, 0.3) is 0 Å². The zero-order chi connectivity index (χ0) is 23.7. The molecule has 170 valence electrons. The van der Waals surface area contributed by atoms with Gasteiger partial charge in [0.05, 0.1) is 29.6 Å². The molecule has 2 heterocycles. The van der Waals surface area contributed by atoms with E-state index in [1.807, 2.05) is 0 Å². The number of hydrogen-bond donors (Lipinski definition) is 0. The molecule has 0 saturated heterocycles. The van der Waals surface area contributed by atoms with Crippen LogP contribution in [0.25, 0.3) is 34.2 Å². The van der Waals surface area contributed by atoms with Crippen LogP contribution in [0, 0.1) is 0 Å². The Morgan fingerprint density at radius 1 is 0.735 bits per heavy atom. The molecule has 0 aliphatic carbocycles. The fourth-order valence-electron chi connectivity index (χ4n) is 3.22. The summed E-state index contributed by atoms with van der Waals surface area (Å²) in [5, 5.41) is 25.1. The Labute approximate surface area is 190 Å². The monoisotopic (exact) mass is 464 g/mol. The Morgan fingerprint density at radius 2 is 1.38 bits per heavy atom. The molecular weight excluding hydrogens is 449 g/mol. The molecule has 5 aromatic rings. The van der Waals surface area contributed by atoms with Gasteiger partial charge in [-0.15, -0.1) is 30.0 Å². The highest BCUT2D eigenvalue weighted by atomic mass is 19.4. The van der Waals surface area contributed by atoms with Crippen molar-refractivity contribution in [1.29, 1.82) is 0 Å². The molecule has 0 radical (unpaired) electrons. The molecule has 3 aromatic carbocycles. The van der Waals surface area contributed by atoms with Crippen LogP contribution in [-0.4, -0.2) is 47.5 Å². The lowest BCUT2D eigenvalue weighted by molar-refractivity contribution is -0.137. The number of hydrogen-bond acceptors (Lipinski definition) is 7. The molecular formula is C22H15F3N8O. The quantitative estimate of drug-likeness (QED) is 0.388. The van der Waals surface area contributed by atoms with E-state index in [9.17, 15) is 13.2 Å². The summed E-state index contributed by atoms with van der Waals surface area (Å²) in [5.41, 5.74) is 1.47. The maximum Gasteiger partial charge on any atom is 0.416 e. The summed E-state index contributed by atoms with van der Waals surface area (Å²) in [6.07, 6.45) is -4.42. The van der Waals surface area contributed by atoms with E-state index < -0.39 is 11.7 Å². The highest BCUT2D eigenvalue weighted by Gasteiger charge is 2.30. The Morgan fingerprint density at radius 3 is 2.09 bits per heavy atom. The van der Waals surface area contributed by atoms with Gasteiger partial charge in [-0.1, -0.05) is 24.3 Å². The highest BCUT2D eigenvalue weighted by molar-refractivity contribution is 5.66. The standard InChI is InChI=1S/C22H15F3N8O/c1-34-17-12-10-16(11-13-17)32-29-21(27-30-32)18-4-2-3-5-19(18)33-28-20(26-31-33)14-6-8-15(9-7-14)22(23,24)25/h2-13H,1H3. The second-order valence-electron chi connectivity index (χ2n) is 7.10. The third kappa shape index (κ3) is 4.08. The first kappa shape index (κ1) is 21.2. The normalized spacial score (nSPS) is 11.5. The highest BCUT2D eigenvalue weighted by Crippen LogP contribution is 2.30. The molecule has 0 saturated carbocycles. The maximum atomic E-state index is 12.8. The molecule has 0 aliphatic rings. The van der Waals surface area contributed by atoms with Gasteiger partial charge >= 0.3 is 6.18 Å². The predicted octanol–water partition coefficient (Wildman–Crippen LogP) is 4.00. The second kappa shape index (κ2) is 8.39. The Balaban J connectivity index is 1.45. The topological polar surface area (TPSA) is 96.4 Å². The summed E-state index contributed by atoms with van der Waals surface area (Å²) in [7, 11) is 1.58. The lowest BCUT2D eigenvalue weighted by Gasteiger charge is -2.06. The van der Waals surface area contributed by atoms with Crippen molar-refractivity contribution in [2.24, 2.45) is 0 Å². The average molecular weight is 464 g/mol. The van der Waals surface area contributed by atoms with Gasteiger partial charge in [0.15, 0.2) is 0 Å². The summed E-state index contributed by atoms with van der Waals surface area (Å²) < 4.78 is 43.6. The van der Waals surface area contributed by atoms with Gasteiger partial charge in [-0.25, -0.2) is 0 Å². The van der Waals surface area contributed by atoms with Gasteiger partial charge in [-0.05, 0) is 59.0 Å². The van der Waals surface area contributed by atoms with Gasteiger partial charge < -0.3 is 4.74 Å². The minimum absolute atomic E-state index is 0.179. The van der Waals surface area contributed by atoms with E-state index in [0.29, 0.717) is 34.1 Å². The van der Waals surface area contributed by atoms with Crippen LogP contribution in [0.5, 0.6) is 5.75 Å². The van der Waals surface area contributed by atoms with Crippen molar-refractivity contribution in [2.45, 2.75) is 6.18 Å². The van der Waals surface area contributed by atoms with E-state index in [0.717, 1.165) is 12.1 Å². The molecule has 0 bridgehead atoms. The molecule has 0 N–H and O–H groups in total. The molecule has 2 aromatic heterocycles. The molecule has 0 amide bonds. The molecule has 0 spiro atoms. The van der Waals surface area contributed by atoms with Crippen LogP contribution in [-0.2, 0) is 6.18 Å². The van der Waals surface area contributed by atoms with Crippen molar-refractivity contribution < 1.29 is 17.9 Å². The lowest BCUT2D eigenvalue weighted by Crippen LogP contribution is -2.04. The van der Waals surface area contributed by atoms with E-state index in [4.69, 9.17) is 4.74 Å². The van der Waals surface area contributed by atoms with E-state index in [1.165, 1.54) is 21.7 Å². The van der Waals surface area contributed by atoms with Gasteiger partial charge in [0.1, 0.15) is 5.75 Å². The average Bonchev–Trinajstić information content (AvgIpc) is 3.54. The van der Waals surface area contributed by atoms with E-state index in [-0.39, 0.29) is 5.82 Å². The lowest BCUT2D eigenvalue weighted by atomic mass is 10.1. The summed E-state index contributed by atoms with van der Waals surface area (Å²) in [5.74, 6) is 1.22. The molecule has 0 fully saturated rings. The maximum absolute atomic E-state index is 12.8. The number of rotatable bonds is 5. The number of nitrogens with zero attached hydrogens (tertiary/aromatic N) is 8. The first-order valence-electron chi connectivity index (χ1n) is 9.94. The van der Waals surface area contributed by atoms with Crippen molar-refractivity contribution >= 4 is 0 Å². The third-order valence-electron chi connectivity index (χ3n) is 4.96. The van der Waals surface area contributed by atoms with E-state index >= 15 is 0 Å². The van der Waals surface area contributed by atoms with Crippen molar-refractivity contribution in [3.05, 3.63) is 78.4 Å². The van der Waals surface area contributed by atoms with Gasteiger partial charge in [0.2, 0.25) is 11.6 Å². The molecule has 34 heavy (non-hydrogen) atoms. The number of tetrazole rings is 2. The summed E-state index contributed by atoms with van der Waals surface area (Å²) in [6.45, 7) is 0. The fourth-order valence-corrected chi connectivity index (χ4v) is 3.22. The number of halogens is 3. The van der Waals surface area contributed by atoms with E-state index in [2.05, 4.69) is 30.8 Å². The Bertz CT molecular complexity index is 1430. The van der Waals surface area contributed by atoms with Crippen LogP contribution < -0.4 is 4.74 Å². The minimum Gasteiger partial charge on any atom is -0.497 e. The van der Waals surface area contributed by atoms with Crippen LogP contribution in [0.4, 0.5) is 13.2 Å². The minimum atomic E-state index is -4.42. The van der Waals surface area contributed by atoms with Gasteiger partial charge in [-0.2, -0.15) is 13.2 Å². The number of para-hydroxylation sites is 1. The number of benzene rings is 3. The SMILES string of the molecule is COc1ccc(-n2nnc(-c3ccccc3-n3nnc(-c4ccc(C(F)(F)F)cc4)n3)n2)cc1. The summed E-state index contributed by atoms with van der Waals surface area (Å²) in [4.78, 5) is 2.66. The van der Waals surface area contributed by atoms with Crippen molar-refractivity contribution in [2.75, 3.05) is 7.11 Å².